The van der Waals surface area contributed by atoms with Gasteiger partial charge in [0.1, 0.15) is 0 Å². The molecule has 1 fully saturated rings. The molecule has 0 aliphatic carbocycles. The largest absolute Gasteiger partial charge is 2.00 e. The van der Waals surface area contributed by atoms with E-state index in [0.29, 0.717) is 0 Å². The molecular formula is C12H28N4Ni+2. The van der Waals surface area contributed by atoms with E-state index >= 15 is 0 Å². The SMILES string of the molecule is CN1CCN(C)CCN(C)CCN(C)CC1.[Ni+2]. The van der Waals surface area contributed by atoms with Crippen molar-refractivity contribution in [1.82, 2.24) is 19.6 Å². The Bertz CT molecular complexity index is 135. The molecule has 0 spiro atoms. The summed E-state index contributed by atoms with van der Waals surface area (Å²) in [5.74, 6) is 0. The van der Waals surface area contributed by atoms with Crippen LogP contribution < -0.4 is 0 Å². The van der Waals surface area contributed by atoms with Crippen LogP contribution in [-0.2, 0) is 16.5 Å². The molecule has 17 heavy (non-hydrogen) atoms. The molecule has 0 aromatic heterocycles. The minimum Gasteiger partial charge on any atom is -0.304 e. The predicted octanol–water partition coefficient (Wildman–Crippen LogP) is -0.275. The molecule has 0 aromatic rings. The Hall–Kier alpha value is 0.334. The van der Waals surface area contributed by atoms with Crippen molar-refractivity contribution >= 4 is 0 Å². The van der Waals surface area contributed by atoms with E-state index in [1.165, 1.54) is 52.4 Å². The quantitative estimate of drug-likeness (QED) is 0.568. The molecule has 4 nitrogen and oxygen atoms in total. The number of hydrogen-bond acceptors (Lipinski definition) is 4. The Balaban J connectivity index is 0.00000256. The molecule has 1 saturated heterocycles. The second kappa shape index (κ2) is 9.29. The second-order valence-electron chi connectivity index (χ2n) is 5.21. The normalized spacial score (nSPS) is 24.7. The average molecular weight is 287 g/mol. The summed E-state index contributed by atoms with van der Waals surface area (Å²) >= 11 is 0. The molecule has 1 heterocycles. The summed E-state index contributed by atoms with van der Waals surface area (Å²) in [6.45, 7) is 9.40. The molecule has 104 valence electrons. The third kappa shape index (κ3) is 8.12. The first kappa shape index (κ1) is 17.3. The monoisotopic (exact) mass is 286 g/mol. The van der Waals surface area contributed by atoms with Crippen LogP contribution in [0.3, 0.4) is 0 Å². The minimum atomic E-state index is 0. The summed E-state index contributed by atoms with van der Waals surface area (Å²) in [4.78, 5) is 9.72. The van der Waals surface area contributed by atoms with Gasteiger partial charge in [0, 0.05) is 52.4 Å². The van der Waals surface area contributed by atoms with Gasteiger partial charge in [-0.2, -0.15) is 0 Å². The molecule has 1 aliphatic rings. The van der Waals surface area contributed by atoms with Crippen LogP contribution in [0, 0.1) is 0 Å². The molecular weight excluding hydrogens is 259 g/mol. The summed E-state index contributed by atoms with van der Waals surface area (Å²) in [7, 11) is 8.89. The summed E-state index contributed by atoms with van der Waals surface area (Å²) in [5, 5.41) is 0. The van der Waals surface area contributed by atoms with Gasteiger partial charge in [0.05, 0.1) is 0 Å². The van der Waals surface area contributed by atoms with Crippen molar-refractivity contribution in [1.29, 1.82) is 0 Å². The molecule has 0 unspecified atom stereocenters. The van der Waals surface area contributed by atoms with Gasteiger partial charge >= 0.3 is 16.5 Å². The maximum Gasteiger partial charge on any atom is 2.00 e. The van der Waals surface area contributed by atoms with E-state index in [4.69, 9.17) is 0 Å². The Labute approximate surface area is 117 Å². The fraction of sp³-hybridized carbons (Fsp3) is 1.00. The van der Waals surface area contributed by atoms with Crippen molar-refractivity contribution in [2.24, 2.45) is 0 Å². The van der Waals surface area contributed by atoms with Crippen molar-refractivity contribution in [3.8, 4) is 0 Å². The van der Waals surface area contributed by atoms with E-state index < -0.39 is 0 Å². The Kier molecular flexibility index (Phi) is 9.47. The van der Waals surface area contributed by atoms with Crippen LogP contribution in [0.5, 0.6) is 0 Å². The minimum absolute atomic E-state index is 0. The second-order valence-corrected chi connectivity index (χ2v) is 5.21. The molecule has 0 atom stereocenters. The van der Waals surface area contributed by atoms with Gasteiger partial charge in [-0.05, 0) is 28.2 Å². The van der Waals surface area contributed by atoms with E-state index in [2.05, 4.69) is 47.8 Å². The molecule has 0 aromatic carbocycles. The Morgan fingerprint density at radius 1 is 0.412 bits per heavy atom. The Morgan fingerprint density at radius 2 is 0.529 bits per heavy atom. The van der Waals surface area contributed by atoms with Crippen molar-refractivity contribution in [2.75, 3.05) is 80.5 Å². The van der Waals surface area contributed by atoms with Gasteiger partial charge in [0.2, 0.25) is 0 Å². The zero-order valence-corrected chi connectivity index (χ0v) is 12.7. The standard InChI is InChI=1S/C12H28N4.Ni/c1-13-5-7-14(2)9-11-16(4)12-10-15(3)8-6-13;/h5-12H2,1-4H3;/q;+2. The van der Waals surface area contributed by atoms with Gasteiger partial charge in [-0.3, -0.25) is 0 Å². The van der Waals surface area contributed by atoms with Gasteiger partial charge in [0.15, 0.2) is 0 Å². The van der Waals surface area contributed by atoms with E-state index in [0.717, 1.165) is 0 Å². The number of hydrogen-bond donors (Lipinski definition) is 0. The van der Waals surface area contributed by atoms with Gasteiger partial charge in [-0.15, -0.1) is 0 Å². The molecule has 0 radical (unpaired) electrons. The van der Waals surface area contributed by atoms with Crippen molar-refractivity contribution in [3.63, 3.8) is 0 Å². The first-order valence-electron chi connectivity index (χ1n) is 6.32. The molecule has 5 heteroatoms. The first-order chi connectivity index (χ1) is 7.58. The van der Waals surface area contributed by atoms with E-state index in [9.17, 15) is 0 Å². The van der Waals surface area contributed by atoms with Crippen LogP contribution in [0.25, 0.3) is 0 Å². The third-order valence-corrected chi connectivity index (χ3v) is 3.45. The van der Waals surface area contributed by atoms with Gasteiger partial charge in [-0.1, -0.05) is 0 Å². The topological polar surface area (TPSA) is 13.0 Å². The molecule has 0 saturated carbocycles. The van der Waals surface area contributed by atoms with E-state index in [1.807, 2.05) is 0 Å². The zero-order valence-electron chi connectivity index (χ0n) is 11.8. The van der Waals surface area contributed by atoms with Crippen molar-refractivity contribution < 1.29 is 16.5 Å². The van der Waals surface area contributed by atoms with Crippen LogP contribution in [0.4, 0.5) is 0 Å². The van der Waals surface area contributed by atoms with Crippen LogP contribution in [0.1, 0.15) is 0 Å². The van der Waals surface area contributed by atoms with Crippen molar-refractivity contribution in [2.45, 2.75) is 0 Å². The van der Waals surface area contributed by atoms with E-state index in [-0.39, 0.29) is 16.5 Å². The first-order valence-corrected chi connectivity index (χ1v) is 6.32. The van der Waals surface area contributed by atoms with Crippen LogP contribution >= 0.6 is 0 Å². The van der Waals surface area contributed by atoms with Gasteiger partial charge in [0.25, 0.3) is 0 Å². The summed E-state index contributed by atoms with van der Waals surface area (Å²) in [6, 6.07) is 0. The van der Waals surface area contributed by atoms with Crippen molar-refractivity contribution in [3.05, 3.63) is 0 Å². The fourth-order valence-electron chi connectivity index (χ4n) is 1.81. The van der Waals surface area contributed by atoms with E-state index in [1.54, 1.807) is 0 Å². The molecule has 1 aliphatic heterocycles. The summed E-state index contributed by atoms with van der Waals surface area (Å²) in [6.07, 6.45) is 0. The smallest absolute Gasteiger partial charge is 0.304 e. The van der Waals surface area contributed by atoms with Gasteiger partial charge < -0.3 is 19.6 Å². The maximum absolute atomic E-state index is 2.43. The number of likely N-dealkylation sites (N-methyl/N-ethyl adjacent to an activating group) is 4. The van der Waals surface area contributed by atoms with Crippen LogP contribution in [0.15, 0.2) is 0 Å². The molecule has 1 rings (SSSR count). The van der Waals surface area contributed by atoms with Crippen LogP contribution in [-0.4, -0.2) is 100 Å². The summed E-state index contributed by atoms with van der Waals surface area (Å²) < 4.78 is 0. The molecule has 0 N–H and O–H groups in total. The maximum atomic E-state index is 2.43. The predicted molar refractivity (Wildman–Crippen MR) is 70.0 cm³/mol. The third-order valence-electron chi connectivity index (χ3n) is 3.45. The summed E-state index contributed by atoms with van der Waals surface area (Å²) in [5.41, 5.74) is 0. The fourth-order valence-corrected chi connectivity index (χ4v) is 1.81. The molecule has 0 bridgehead atoms. The molecule has 0 amide bonds. The number of nitrogens with zero attached hydrogens (tertiary/aromatic N) is 4. The van der Waals surface area contributed by atoms with Crippen LogP contribution in [0.2, 0.25) is 0 Å². The zero-order chi connectivity index (χ0) is 12.0. The van der Waals surface area contributed by atoms with Gasteiger partial charge in [-0.25, -0.2) is 0 Å². The Morgan fingerprint density at radius 3 is 0.647 bits per heavy atom. The number of rotatable bonds is 0. The average Bonchev–Trinajstić information content (AvgIpc) is 2.27.